The molecule has 4 aliphatic rings. The van der Waals surface area contributed by atoms with Gasteiger partial charge in [0.05, 0.1) is 12.9 Å². The minimum Gasteiger partial charge on any atom is -0.499 e. The zero-order chi connectivity index (χ0) is 22.9. The molecule has 4 saturated carbocycles. The fourth-order valence-electron chi connectivity index (χ4n) is 9.20. The number of carbonyl (C=O) groups is 1. The number of hydrogen-bond acceptors (Lipinski definition) is 3. The lowest BCUT2D eigenvalue weighted by atomic mass is 9.44. The number of hydrogen-bond donors (Lipinski definition) is 1. The van der Waals surface area contributed by atoms with E-state index in [0.717, 1.165) is 31.1 Å². The molecular weight excluding hydrogens is 396 g/mol. The van der Waals surface area contributed by atoms with Gasteiger partial charge in [0, 0.05) is 12.3 Å². The first kappa shape index (κ1) is 24.3. The maximum atomic E-state index is 13.5. The Hall–Kier alpha value is -0.830. The van der Waals surface area contributed by atoms with Gasteiger partial charge in [0.25, 0.3) is 0 Å². The molecule has 0 heterocycles. The predicted molar refractivity (Wildman–Crippen MR) is 130 cm³/mol. The number of fused-ring (bicyclic) bond motifs is 5. The molecule has 0 aromatic rings. The van der Waals surface area contributed by atoms with Gasteiger partial charge in [0.2, 0.25) is 0 Å². The van der Waals surface area contributed by atoms with Crippen molar-refractivity contribution < 1.29 is 14.6 Å². The van der Waals surface area contributed by atoms with E-state index in [1.165, 1.54) is 63.4 Å². The molecule has 4 rings (SSSR count). The second-order valence-electron chi connectivity index (χ2n) is 12.5. The van der Waals surface area contributed by atoms with Crippen molar-refractivity contribution in [2.75, 3.05) is 13.2 Å². The number of Topliss-reactive ketones (excluding diaryl/α,β-unsaturated/α-hetero) is 1. The SMILES string of the molecule is CC(=COCCO)CCC[C@@H](C)[C@H]1CC(=O)[C@H]2[C@@H]3CCC4CCCC[C@]4(C)[C@H]3CC[C@]12C. The van der Waals surface area contributed by atoms with Crippen LogP contribution < -0.4 is 0 Å². The first-order valence-electron chi connectivity index (χ1n) is 13.7. The van der Waals surface area contributed by atoms with Crippen LogP contribution in [0.25, 0.3) is 0 Å². The molecule has 1 N–H and O–H groups in total. The summed E-state index contributed by atoms with van der Waals surface area (Å²) in [5, 5.41) is 8.85. The van der Waals surface area contributed by atoms with Crippen molar-refractivity contribution in [3.63, 3.8) is 0 Å². The summed E-state index contributed by atoms with van der Waals surface area (Å²) in [6.07, 6.45) is 17.0. The molecule has 0 bridgehead atoms. The molecule has 0 aromatic carbocycles. The van der Waals surface area contributed by atoms with E-state index in [4.69, 9.17) is 9.84 Å². The van der Waals surface area contributed by atoms with Gasteiger partial charge in [0.1, 0.15) is 12.4 Å². The first-order chi connectivity index (χ1) is 15.3. The Morgan fingerprint density at radius 1 is 1.16 bits per heavy atom. The van der Waals surface area contributed by atoms with Crippen LogP contribution in [0, 0.1) is 46.3 Å². The van der Waals surface area contributed by atoms with Crippen LogP contribution in [0.5, 0.6) is 0 Å². The van der Waals surface area contributed by atoms with E-state index in [1.54, 1.807) is 6.26 Å². The lowest BCUT2D eigenvalue weighted by molar-refractivity contribution is -0.141. The van der Waals surface area contributed by atoms with Crippen molar-refractivity contribution in [1.82, 2.24) is 0 Å². The van der Waals surface area contributed by atoms with Crippen molar-refractivity contribution in [3.05, 3.63) is 11.8 Å². The van der Waals surface area contributed by atoms with Crippen LogP contribution >= 0.6 is 0 Å². The average Bonchev–Trinajstić information content (AvgIpc) is 3.04. The first-order valence-corrected chi connectivity index (χ1v) is 13.7. The van der Waals surface area contributed by atoms with E-state index in [1.807, 2.05) is 0 Å². The monoisotopic (exact) mass is 444 g/mol. The van der Waals surface area contributed by atoms with Gasteiger partial charge < -0.3 is 9.84 Å². The van der Waals surface area contributed by atoms with Gasteiger partial charge in [-0.25, -0.2) is 0 Å². The number of allylic oxidation sites excluding steroid dienone is 1. The highest BCUT2D eigenvalue weighted by atomic mass is 16.5. The Kier molecular flexibility index (Phi) is 7.45. The molecule has 1 unspecified atom stereocenters. The number of rotatable bonds is 8. The summed E-state index contributed by atoms with van der Waals surface area (Å²) in [5.74, 6) is 4.50. The highest BCUT2D eigenvalue weighted by molar-refractivity contribution is 5.85. The van der Waals surface area contributed by atoms with Crippen molar-refractivity contribution in [1.29, 1.82) is 0 Å². The number of ketones is 1. The summed E-state index contributed by atoms with van der Waals surface area (Å²) in [4.78, 5) is 13.5. The summed E-state index contributed by atoms with van der Waals surface area (Å²) in [7, 11) is 0. The molecule has 0 radical (unpaired) electrons. The van der Waals surface area contributed by atoms with E-state index >= 15 is 0 Å². The third-order valence-corrected chi connectivity index (χ3v) is 10.8. The van der Waals surface area contributed by atoms with E-state index in [-0.39, 0.29) is 12.0 Å². The van der Waals surface area contributed by atoms with E-state index in [9.17, 15) is 4.79 Å². The van der Waals surface area contributed by atoms with E-state index in [0.29, 0.717) is 41.5 Å². The third kappa shape index (κ3) is 4.32. The Morgan fingerprint density at radius 3 is 2.75 bits per heavy atom. The van der Waals surface area contributed by atoms with Crippen LogP contribution in [0.4, 0.5) is 0 Å². The lowest BCUT2D eigenvalue weighted by Crippen LogP contribution is -2.54. The molecule has 32 heavy (non-hydrogen) atoms. The molecule has 0 saturated heterocycles. The largest absolute Gasteiger partial charge is 0.499 e. The summed E-state index contributed by atoms with van der Waals surface area (Å²) >= 11 is 0. The van der Waals surface area contributed by atoms with Crippen molar-refractivity contribution in [3.8, 4) is 0 Å². The van der Waals surface area contributed by atoms with Gasteiger partial charge in [-0.05, 0) is 104 Å². The van der Waals surface area contributed by atoms with Gasteiger partial charge in [0.15, 0.2) is 0 Å². The number of carbonyl (C=O) groups excluding carboxylic acids is 1. The number of aliphatic hydroxyl groups is 1. The second-order valence-corrected chi connectivity index (χ2v) is 12.5. The molecular formula is C29H48O3. The quantitative estimate of drug-likeness (QED) is 0.326. The summed E-state index contributed by atoms with van der Waals surface area (Å²) < 4.78 is 5.34. The van der Waals surface area contributed by atoms with Crippen LogP contribution in [0.15, 0.2) is 11.8 Å². The second kappa shape index (κ2) is 9.80. The molecule has 8 atom stereocenters. The zero-order valence-electron chi connectivity index (χ0n) is 21.2. The molecule has 3 nitrogen and oxygen atoms in total. The van der Waals surface area contributed by atoms with E-state index < -0.39 is 0 Å². The molecule has 0 aromatic heterocycles. The summed E-state index contributed by atoms with van der Waals surface area (Å²) in [6, 6.07) is 0. The Balaban J connectivity index is 1.40. The Morgan fingerprint density at radius 2 is 1.97 bits per heavy atom. The zero-order valence-corrected chi connectivity index (χ0v) is 21.2. The predicted octanol–water partition coefficient (Wildman–Crippen LogP) is 6.93. The Labute approximate surface area is 196 Å². The molecule has 3 heteroatoms. The number of aliphatic hydroxyl groups excluding tert-OH is 1. The van der Waals surface area contributed by atoms with Crippen LogP contribution in [0.3, 0.4) is 0 Å². The number of ether oxygens (including phenoxy) is 1. The smallest absolute Gasteiger partial charge is 0.137 e. The highest BCUT2D eigenvalue weighted by Gasteiger charge is 2.62. The van der Waals surface area contributed by atoms with Crippen molar-refractivity contribution >= 4 is 5.78 Å². The Bertz CT molecular complexity index is 699. The molecule has 0 spiro atoms. The van der Waals surface area contributed by atoms with Gasteiger partial charge in [-0.3, -0.25) is 4.79 Å². The van der Waals surface area contributed by atoms with Gasteiger partial charge in [-0.1, -0.05) is 40.0 Å². The fourth-order valence-corrected chi connectivity index (χ4v) is 9.20. The van der Waals surface area contributed by atoms with Crippen LogP contribution in [-0.2, 0) is 9.53 Å². The van der Waals surface area contributed by atoms with Crippen LogP contribution in [0.2, 0.25) is 0 Å². The van der Waals surface area contributed by atoms with Gasteiger partial charge in [-0.15, -0.1) is 0 Å². The van der Waals surface area contributed by atoms with Gasteiger partial charge in [-0.2, -0.15) is 0 Å². The highest BCUT2D eigenvalue weighted by Crippen LogP contribution is 2.67. The summed E-state index contributed by atoms with van der Waals surface area (Å²) in [5.41, 5.74) is 1.98. The summed E-state index contributed by atoms with van der Waals surface area (Å²) in [6.45, 7) is 10.1. The van der Waals surface area contributed by atoms with Crippen LogP contribution in [-0.4, -0.2) is 24.1 Å². The minimum absolute atomic E-state index is 0.0674. The molecule has 182 valence electrons. The van der Waals surface area contributed by atoms with Crippen molar-refractivity contribution in [2.45, 2.75) is 105 Å². The van der Waals surface area contributed by atoms with E-state index in [2.05, 4.69) is 27.7 Å². The average molecular weight is 445 g/mol. The molecule has 0 aliphatic heterocycles. The van der Waals surface area contributed by atoms with Crippen molar-refractivity contribution in [2.24, 2.45) is 46.3 Å². The topological polar surface area (TPSA) is 46.5 Å². The maximum Gasteiger partial charge on any atom is 0.137 e. The standard InChI is InChI=1S/C29H48O3/c1-20(19-32-17-16-30)8-7-9-21(2)25-18-26(31)27-23-12-11-22-10-5-6-14-28(22,3)24(23)13-15-29(25,27)4/h19,21-25,27,30H,5-18H2,1-4H3/t21-,22?,23-,24+,25-,27-,28+,29-/m1/s1. The fraction of sp³-hybridized carbons (Fsp3) is 0.897. The maximum absolute atomic E-state index is 13.5. The van der Waals surface area contributed by atoms with Gasteiger partial charge >= 0.3 is 0 Å². The van der Waals surface area contributed by atoms with Crippen LogP contribution in [0.1, 0.15) is 105 Å². The third-order valence-electron chi connectivity index (χ3n) is 10.8. The minimum atomic E-state index is 0.0674. The molecule has 0 amide bonds. The lowest BCUT2D eigenvalue weighted by Gasteiger charge is -2.60. The molecule has 4 aliphatic carbocycles. The molecule has 4 fully saturated rings. The normalized spacial score (nSPS) is 42.7.